The van der Waals surface area contributed by atoms with E-state index < -0.39 is 0 Å². The third-order valence-corrected chi connectivity index (χ3v) is 4.29. The SMILES string of the molecule is Cc1ccc(CCC(=O)NCCCN2CCOCC2)cc1C. The maximum absolute atomic E-state index is 11.9. The van der Waals surface area contributed by atoms with Crippen molar-refractivity contribution in [2.24, 2.45) is 0 Å². The molecule has 1 N–H and O–H groups in total. The van der Waals surface area contributed by atoms with Crippen molar-refractivity contribution < 1.29 is 9.53 Å². The third-order valence-electron chi connectivity index (χ3n) is 4.29. The van der Waals surface area contributed by atoms with E-state index in [2.05, 4.69) is 42.3 Å². The zero-order chi connectivity index (χ0) is 15.8. The van der Waals surface area contributed by atoms with Crippen molar-refractivity contribution in [1.29, 1.82) is 0 Å². The molecule has 122 valence electrons. The highest BCUT2D eigenvalue weighted by atomic mass is 16.5. The van der Waals surface area contributed by atoms with Crippen LogP contribution in [0, 0.1) is 13.8 Å². The summed E-state index contributed by atoms with van der Waals surface area (Å²) in [5.74, 6) is 0.153. The lowest BCUT2D eigenvalue weighted by atomic mass is 10.0. The molecule has 1 aliphatic heterocycles. The minimum absolute atomic E-state index is 0.153. The van der Waals surface area contributed by atoms with E-state index >= 15 is 0 Å². The van der Waals surface area contributed by atoms with Gasteiger partial charge in [0.25, 0.3) is 0 Å². The Morgan fingerprint density at radius 3 is 2.73 bits per heavy atom. The molecule has 4 nitrogen and oxygen atoms in total. The minimum atomic E-state index is 0.153. The van der Waals surface area contributed by atoms with Gasteiger partial charge in [0.1, 0.15) is 0 Å². The van der Waals surface area contributed by atoms with Gasteiger partial charge in [0.05, 0.1) is 13.2 Å². The fourth-order valence-corrected chi connectivity index (χ4v) is 2.66. The van der Waals surface area contributed by atoms with Crippen LogP contribution in [0.5, 0.6) is 0 Å². The Labute approximate surface area is 133 Å². The van der Waals surface area contributed by atoms with E-state index in [0.29, 0.717) is 6.42 Å². The first kappa shape index (κ1) is 17.0. The summed E-state index contributed by atoms with van der Waals surface area (Å²) in [5, 5.41) is 3.02. The van der Waals surface area contributed by atoms with E-state index in [1.807, 2.05) is 0 Å². The summed E-state index contributed by atoms with van der Waals surface area (Å²) in [4.78, 5) is 14.3. The summed E-state index contributed by atoms with van der Waals surface area (Å²) in [5.41, 5.74) is 3.84. The Hall–Kier alpha value is -1.39. The van der Waals surface area contributed by atoms with Crippen LogP contribution in [0.15, 0.2) is 18.2 Å². The third kappa shape index (κ3) is 5.78. The molecule has 0 radical (unpaired) electrons. The van der Waals surface area contributed by atoms with Crippen LogP contribution in [0.3, 0.4) is 0 Å². The molecule has 1 amide bonds. The second kappa shape index (κ2) is 8.91. The molecule has 0 saturated carbocycles. The molecular formula is C18H28N2O2. The maximum atomic E-state index is 11.9. The van der Waals surface area contributed by atoms with Crippen molar-refractivity contribution >= 4 is 5.91 Å². The molecule has 1 aliphatic rings. The van der Waals surface area contributed by atoms with Crippen LogP contribution in [-0.4, -0.2) is 50.2 Å². The first-order valence-corrected chi connectivity index (χ1v) is 8.28. The van der Waals surface area contributed by atoms with Gasteiger partial charge in [0.2, 0.25) is 5.91 Å². The Morgan fingerprint density at radius 1 is 1.23 bits per heavy atom. The molecule has 4 heteroatoms. The Bertz CT molecular complexity index is 482. The first-order chi connectivity index (χ1) is 10.6. The van der Waals surface area contributed by atoms with Gasteiger partial charge in [-0.05, 0) is 49.9 Å². The number of carbonyl (C=O) groups excluding carboxylic acids is 1. The van der Waals surface area contributed by atoms with Gasteiger partial charge in [-0.1, -0.05) is 18.2 Å². The molecule has 0 unspecified atom stereocenters. The molecule has 2 rings (SSSR count). The molecule has 0 aromatic heterocycles. The summed E-state index contributed by atoms with van der Waals surface area (Å²) in [6, 6.07) is 6.43. The van der Waals surface area contributed by atoms with Crippen molar-refractivity contribution in [1.82, 2.24) is 10.2 Å². The normalized spacial score (nSPS) is 15.7. The Kier molecular flexibility index (Phi) is 6.87. The largest absolute Gasteiger partial charge is 0.379 e. The number of morpholine rings is 1. The monoisotopic (exact) mass is 304 g/mol. The number of rotatable bonds is 7. The van der Waals surface area contributed by atoms with E-state index in [0.717, 1.165) is 52.2 Å². The highest BCUT2D eigenvalue weighted by Crippen LogP contribution is 2.11. The number of carbonyl (C=O) groups is 1. The quantitative estimate of drug-likeness (QED) is 0.784. The fourth-order valence-electron chi connectivity index (χ4n) is 2.66. The second-order valence-corrected chi connectivity index (χ2v) is 6.08. The lowest BCUT2D eigenvalue weighted by Crippen LogP contribution is -2.38. The number of hydrogen-bond donors (Lipinski definition) is 1. The van der Waals surface area contributed by atoms with Crippen molar-refractivity contribution in [3.63, 3.8) is 0 Å². The average Bonchev–Trinajstić information content (AvgIpc) is 2.54. The fraction of sp³-hybridized carbons (Fsp3) is 0.611. The molecular weight excluding hydrogens is 276 g/mol. The molecule has 0 aliphatic carbocycles. The van der Waals surface area contributed by atoms with Crippen LogP contribution in [0.25, 0.3) is 0 Å². The van der Waals surface area contributed by atoms with E-state index in [4.69, 9.17) is 4.74 Å². The van der Waals surface area contributed by atoms with Gasteiger partial charge < -0.3 is 10.1 Å². The molecule has 22 heavy (non-hydrogen) atoms. The summed E-state index contributed by atoms with van der Waals surface area (Å²) >= 11 is 0. The lowest BCUT2D eigenvalue weighted by molar-refractivity contribution is -0.121. The van der Waals surface area contributed by atoms with E-state index in [1.54, 1.807) is 0 Å². The number of benzene rings is 1. The van der Waals surface area contributed by atoms with Crippen LogP contribution < -0.4 is 5.32 Å². The summed E-state index contributed by atoms with van der Waals surface area (Å²) in [6.07, 6.45) is 2.39. The molecule has 0 atom stereocenters. The maximum Gasteiger partial charge on any atom is 0.220 e. The highest BCUT2D eigenvalue weighted by Gasteiger charge is 2.09. The van der Waals surface area contributed by atoms with Crippen LogP contribution >= 0.6 is 0 Å². The van der Waals surface area contributed by atoms with Gasteiger partial charge in [-0.3, -0.25) is 9.69 Å². The van der Waals surface area contributed by atoms with Crippen LogP contribution in [0.2, 0.25) is 0 Å². The van der Waals surface area contributed by atoms with Gasteiger partial charge in [-0.25, -0.2) is 0 Å². The van der Waals surface area contributed by atoms with Gasteiger partial charge in [-0.15, -0.1) is 0 Å². The van der Waals surface area contributed by atoms with Crippen LogP contribution in [-0.2, 0) is 16.0 Å². The van der Waals surface area contributed by atoms with E-state index in [-0.39, 0.29) is 5.91 Å². The molecule has 1 saturated heterocycles. The highest BCUT2D eigenvalue weighted by molar-refractivity contribution is 5.76. The van der Waals surface area contributed by atoms with Crippen molar-refractivity contribution in [2.45, 2.75) is 33.1 Å². The molecule has 1 heterocycles. The Morgan fingerprint density at radius 2 is 2.00 bits per heavy atom. The number of nitrogens with one attached hydrogen (secondary N) is 1. The van der Waals surface area contributed by atoms with Crippen LogP contribution in [0.1, 0.15) is 29.5 Å². The average molecular weight is 304 g/mol. The number of ether oxygens (including phenoxy) is 1. The standard InChI is InChI=1S/C18H28N2O2/c1-15-4-5-17(14-16(15)2)6-7-18(21)19-8-3-9-20-10-12-22-13-11-20/h4-5,14H,3,6-13H2,1-2H3,(H,19,21). The number of aryl methyl sites for hydroxylation is 3. The number of amides is 1. The molecule has 0 bridgehead atoms. The summed E-state index contributed by atoms with van der Waals surface area (Å²) in [6.45, 7) is 9.74. The Balaban J connectivity index is 1.58. The van der Waals surface area contributed by atoms with Crippen molar-refractivity contribution in [3.8, 4) is 0 Å². The van der Waals surface area contributed by atoms with Gasteiger partial charge in [0, 0.05) is 26.1 Å². The van der Waals surface area contributed by atoms with E-state index in [9.17, 15) is 4.79 Å². The molecule has 1 aromatic rings. The summed E-state index contributed by atoms with van der Waals surface area (Å²) < 4.78 is 5.32. The summed E-state index contributed by atoms with van der Waals surface area (Å²) in [7, 11) is 0. The zero-order valence-corrected chi connectivity index (χ0v) is 13.9. The van der Waals surface area contributed by atoms with Gasteiger partial charge in [0.15, 0.2) is 0 Å². The van der Waals surface area contributed by atoms with E-state index in [1.165, 1.54) is 16.7 Å². The zero-order valence-electron chi connectivity index (χ0n) is 13.9. The smallest absolute Gasteiger partial charge is 0.220 e. The first-order valence-electron chi connectivity index (χ1n) is 8.28. The van der Waals surface area contributed by atoms with Crippen molar-refractivity contribution in [3.05, 3.63) is 34.9 Å². The van der Waals surface area contributed by atoms with Gasteiger partial charge in [-0.2, -0.15) is 0 Å². The molecule has 1 aromatic carbocycles. The second-order valence-electron chi connectivity index (χ2n) is 6.08. The topological polar surface area (TPSA) is 41.6 Å². The van der Waals surface area contributed by atoms with Gasteiger partial charge >= 0.3 is 0 Å². The lowest BCUT2D eigenvalue weighted by Gasteiger charge is -2.26. The number of nitrogens with zero attached hydrogens (tertiary/aromatic N) is 1. The predicted octanol–water partition coefficient (Wildman–Crippen LogP) is 2.07. The molecule has 1 fully saturated rings. The minimum Gasteiger partial charge on any atom is -0.379 e. The van der Waals surface area contributed by atoms with Crippen molar-refractivity contribution in [2.75, 3.05) is 39.4 Å². The number of hydrogen-bond acceptors (Lipinski definition) is 3. The van der Waals surface area contributed by atoms with Crippen LogP contribution in [0.4, 0.5) is 0 Å². The molecule has 0 spiro atoms. The predicted molar refractivity (Wildman–Crippen MR) is 89.1 cm³/mol.